The van der Waals surface area contributed by atoms with Gasteiger partial charge in [0, 0.05) is 25.0 Å². The molecule has 9 heteroatoms. The summed E-state index contributed by atoms with van der Waals surface area (Å²) < 4.78 is 1.86. The van der Waals surface area contributed by atoms with Crippen molar-refractivity contribution in [1.82, 2.24) is 19.5 Å². The average Bonchev–Trinajstić information content (AvgIpc) is 2.79. The van der Waals surface area contributed by atoms with Gasteiger partial charge < -0.3 is 9.88 Å². The van der Waals surface area contributed by atoms with Gasteiger partial charge in [0.1, 0.15) is 5.69 Å². The Morgan fingerprint density at radius 2 is 2.30 bits per heavy atom. The van der Waals surface area contributed by atoms with E-state index in [0.29, 0.717) is 6.54 Å². The Morgan fingerprint density at radius 3 is 2.90 bits per heavy atom. The minimum Gasteiger partial charge on any atom is -0.360 e. The van der Waals surface area contributed by atoms with Gasteiger partial charge in [0.2, 0.25) is 11.1 Å². The quantitative estimate of drug-likeness (QED) is 0.515. The summed E-state index contributed by atoms with van der Waals surface area (Å²) in [5, 5.41) is 14.0. The molecule has 2 aromatic rings. The van der Waals surface area contributed by atoms with Gasteiger partial charge in [-0.3, -0.25) is 10.1 Å². The summed E-state index contributed by atoms with van der Waals surface area (Å²) >= 11 is 5.75. The van der Waals surface area contributed by atoms with Gasteiger partial charge in [0.25, 0.3) is 0 Å². The smallest absolute Gasteiger partial charge is 0.332 e. The highest BCUT2D eigenvalue weighted by atomic mass is 35.5. The lowest BCUT2D eigenvalue weighted by Crippen LogP contribution is -2.23. The Labute approximate surface area is 120 Å². The van der Waals surface area contributed by atoms with E-state index >= 15 is 0 Å². The maximum atomic E-state index is 11.1. The zero-order valence-corrected chi connectivity index (χ0v) is 11.7. The van der Waals surface area contributed by atoms with Gasteiger partial charge in [-0.2, -0.15) is 4.98 Å². The van der Waals surface area contributed by atoms with Crippen LogP contribution in [0.25, 0.3) is 0 Å². The number of aryl methyl sites for hydroxylation is 1. The maximum absolute atomic E-state index is 11.1. The fraction of sp³-hybridized carbons (Fsp3) is 0.364. The second kappa shape index (κ2) is 5.83. The third-order valence-corrected chi connectivity index (χ3v) is 2.81. The average molecular weight is 297 g/mol. The molecule has 0 aliphatic heterocycles. The lowest BCUT2D eigenvalue weighted by Gasteiger charge is -2.15. The predicted molar refractivity (Wildman–Crippen MR) is 73.7 cm³/mol. The molecule has 0 amide bonds. The number of halogens is 1. The first-order valence-electron chi connectivity index (χ1n) is 5.88. The van der Waals surface area contributed by atoms with Crippen LogP contribution in [0.5, 0.6) is 0 Å². The van der Waals surface area contributed by atoms with E-state index in [-0.39, 0.29) is 28.5 Å². The molecule has 20 heavy (non-hydrogen) atoms. The topological polar surface area (TPSA) is 98.8 Å². The third-order valence-electron chi connectivity index (χ3n) is 2.64. The molecule has 2 heterocycles. The molecular formula is C11H13ClN6O2. The monoisotopic (exact) mass is 296 g/mol. The number of aromatic nitrogens is 4. The van der Waals surface area contributed by atoms with Crippen molar-refractivity contribution < 1.29 is 4.92 Å². The molecule has 1 atom stereocenters. The summed E-state index contributed by atoms with van der Waals surface area (Å²) in [6.45, 7) is 4.00. The number of anilines is 1. The van der Waals surface area contributed by atoms with Gasteiger partial charge in [0.15, 0.2) is 0 Å². The first kappa shape index (κ1) is 14.2. The number of hydrogen-bond acceptors (Lipinski definition) is 6. The van der Waals surface area contributed by atoms with E-state index in [0.717, 1.165) is 0 Å². The Bertz CT molecular complexity index is 616. The maximum Gasteiger partial charge on any atom is 0.332 e. The molecule has 2 aromatic heterocycles. The van der Waals surface area contributed by atoms with Crippen LogP contribution < -0.4 is 5.32 Å². The van der Waals surface area contributed by atoms with Crippen LogP contribution in [-0.2, 0) is 6.54 Å². The molecule has 0 aromatic carbocycles. The first-order valence-corrected chi connectivity index (χ1v) is 6.26. The molecule has 1 unspecified atom stereocenters. The number of nitro groups is 1. The molecule has 0 saturated carbocycles. The number of rotatable bonds is 5. The molecule has 0 radical (unpaired) electrons. The fourth-order valence-corrected chi connectivity index (χ4v) is 2.05. The van der Waals surface area contributed by atoms with Crippen LogP contribution >= 0.6 is 11.6 Å². The summed E-state index contributed by atoms with van der Waals surface area (Å²) in [5.41, 5.74) is 0.0687. The molecule has 0 aliphatic carbocycles. The zero-order valence-electron chi connectivity index (χ0n) is 10.9. The number of nitrogens with zero attached hydrogens (tertiary/aromatic N) is 5. The highest BCUT2D eigenvalue weighted by Gasteiger charge is 2.22. The minimum absolute atomic E-state index is 0.0227. The van der Waals surface area contributed by atoms with E-state index in [4.69, 9.17) is 11.6 Å². The van der Waals surface area contributed by atoms with Crippen molar-refractivity contribution in [3.8, 4) is 0 Å². The van der Waals surface area contributed by atoms with Crippen LogP contribution in [0.15, 0.2) is 18.7 Å². The van der Waals surface area contributed by atoms with Crippen LogP contribution in [0, 0.1) is 17.0 Å². The van der Waals surface area contributed by atoms with Crippen molar-refractivity contribution in [3.05, 3.63) is 39.8 Å². The van der Waals surface area contributed by atoms with E-state index < -0.39 is 4.92 Å². The van der Waals surface area contributed by atoms with Crippen molar-refractivity contribution in [2.24, 2.45) is 0 Å². The van der Waals surface area contributed by atoms with Crippen molar-refractivity contribution >= 4 is 23.1 Å². The van der Waals surface area contributed by atoms with Crippen molar-refractivity contribution in [1.29, 1.82) is 0 Å². The summed E-state index contributed by atoms with van der Waals surface area (Å²) in [7, 11) is 0. The predicted octanol–water partition coefficient (Wildman–Crippen LogP) is 2.04. The van der Waals surface area contributed by atoms with Gasteiger partial charge in [-0.1, -0.05) is 0 Å². The third kappa shape index (κ3) is 3.21. The molecule has 0 bridgehead atoms. The summed E-state index contributed by atoms with van der Waals surface area (Å²) in [4.78, 5) is 22.2. The second-order valence-electron chi connectivity index (χ2n) is 4.34. The van der Waals surface area contributed by atoms with Crippen LogP contribution in [0.3, 0.4) is 0 Å². The van der Waals surface area contributed by atoms with E-state index in [1.807, 2.05) is 17.7 Å². The first-order chi connectivity index (χ1) is 9.47. The van der Waals surface area contributed by atoms with E-state index in [1.54, 1.807) is 12.5 Å². The summed E-state index contributed by atoms with van der Waals surface area (Å²) in [6.07, 6.45) is 5.15. The molecule has 2 rings (SSSR count). The Kier molecular flexibility index (Phi) is 4.14. The van der Waals surface area contributed by atoms with Gasteiger partial charge >= 0.3 is 5.69 Å². The molecule has 0 fully saturated rings. The van der Waals surface area contributed by atoms with E-state index in [9.17, 15) is 10.1 Å². The lowest BCUT2D eigenvalue weighted by molar-refractivity contribution is -0.385. The minimum atomic E-state index is -0.516. The van der Waals surface area contributed by atoms with Gasteiger partial charge in [-0.15, -0.1) is 0 Å². The Hall–Kier alpha value is -2.22. The lowest BCUT2D eigenvalue weighted by atomic mass is 10.3. The van der Waals surface area contributed by atoms with Crippen LogP contribution in [0.1, 0.15) is 12.6 Å². The Morgan fingerprint density at radius 1 is 1.55 bits per heavy atom. The molecule has 106 valence electrons. The second-order valence-corrected chi connectivity index (χ2v) is 4.68. The summed E-state index contributed by atoms with van der Waals surface area (Å²) in [6, 6.07) is -0.0896. The number of nitrogens with one attached hydrogen (secondary N) is 1. The molecule has 0 saturated heterocycles. The van der Waals surface area contributed by atoms with E-state index in [2.05, 4.69) is 20.3 Å². The van der Waals surface area contributed by atoms with Crippen LogP contribution in [-0.4, -0.2) is 30.5 Å². The molecular weight excluding hydrogens is 284 g/mol. The van der Waals surface area contributed by atoms with Crippen molar-refractivity contribution in [2.45, 2.75) is 26.4 Å². The van der Waals surface area contributed by atoms with Crippen molar-refractivity contribution in [3.63, 3.8) is 0 Å². The van der Waals surface area contributed by atoms with Crippen LogP contribution in [0.4, 0.5) is 11.5 Å². The number of hydrogen-bond donors (Lipinski definition) is 1. The Balaban J connectivity index is 2.21. The summed E-state index contributed by atoms with van der Waals surface area (Å²) in [5.74, 6) is 0.125. The standard InChI is InChI=1S/C11H13ClN6O2/c1-7(5-17-4-3-13-6-17)14-10-9(18(19)20)8(2)15-11(12)16-10/h3-4,6-7H,5H2,1-2H3,(H,14,15,16). The molecule has 0 spiro atoms. The zero-order chi connectivity index (χ0) is 14.7. The fourth-order valence-electron chi connectivity index (χ4n) is 1.84. The molecule has 0 aliphatic rings. The largest absolute Gasteiger partial charge is 0.360 e. The molecule has 1 N–H and O–H groups in total. The SMILES string of the molecule is Cc1nc(Cl)nc(NC(C)Cn2ccnc2)c1[N+](=O)[O-]. The van der Waals surface area contributed by atoms with E-state index in [1.165, 1.54) is 6.92 Å². The van der Waals surface area contributed by atoms with Gasteiger partial charge in [0.05, 0.1) is 11.3 Å². The van der Waals surface area contributed by atoms with Crippen molar-refractivity contribution in [2.75, 3.05) is 5.32 Å². The van der Waals surface area contributed by atoms with Gasteiger partial charge in [-0.05, 0) is 25.4 Å². The highest BCUT2D eigenvalue weighted by Crippen LogP contribution is 2.27. The van der Waals surface area contributed by atoms with Gasteiger partial charge in [-0.25, -0.2) is 9.97 Å². The highest BCUT2D eigenvalue weighted by molar-refractivity contribution is 6.28. The normalized spacial score (nSPS) is 12.2. The molecule has 8 nitrogen and oxygen atoms in total. The van der Waals surface area contributed by atoms with Crippen LogP contribution in [0.2, 0.25) is 5.28 Å². The number of imidazole rings is 1.